The van der Waals surface area contributed by atoms with Gasteiger partial charge < -0.3 is 4.74 Å². The zero-order valence-electron chi connectivity index (χ0n) is 17.3. The van der Waals surface area contributed by atoms with Gasteiger partial charge in [0.1, 0.15) is 0 Å². The Bertz CT molecular complexity index is 765. The molecule has 0 radical (unpaired) electrons. The molecule has 0 spiro atoms. The molecule has 29 heavy (non-hydrogen) atoms. The molecule has 0 N–H and O–H groups in total. The summed E-state index contributed by atoms with van der Waals surface area (Å²) in [5.41, 5.74) is -1.12. The molecule has 1 aliphatic rings. The highest BCUT2D eigenvalue weighted by Crippen LogP contribution is 2.46. The number of hydrogen-bond donors (Lipinski definition) is 0. The Morgan fingerprint density at radius 3 is 2.38 bits per heavy atom. The summed E-state index contributed by atoms with van der Waals surface area (Å²) in [6.45, 7) is 5.26. The molecule has 0 saturated carbocycles. The van der Waals surface area contributed by atoms with Gasteiger partial charge in [0.05, 0.1) is 12.0 Å². The van der Waals surface area contributed by atoms with E-state index in [1.54, 1.807) is 24.3 Å². The van der Waals surface area contributed by atoms with Crippen molar-refractivity contribution >= 4 is 17.8 Å². The van der Waals surface area contributed by atoms with E-state index >= 15 is 0 Å². The lowest BCUT2D eigenvalue weighted by Gasteiger charge is -2.43. The summed E-state index contributed by atoms with van der Waals surface area (Å²) < 4.78 is 34.3. The van der Waals surface area contributed by atoms with Crippen molar-refractivity contribution in [3.05, 3.63) is 35.4 Å². The summed E-state index contributed by atoms with van der Waals surface area (Å²) in [5, 5.41) is 0. The second kappa shape index (κ2) is 9.46. The minimum atomic E-state index is -3.84. The number of esters is 1. The number of benzene rings is 1. The fourth-order valence-electron chi connectivity index (χ4n) is 3.88. The number of halogens is 2. The number of rotatable bonds is 10. The van der Waals surface area contributed by atoms with Gasteiger partial charge in [0.2, 0.25) is 5.91 Å². The Morgan fingerprint density at radius 2 is 1.76 bits per heavy atom. The average Bonchev–Trinajstić information content (AvgIpc) is 2.70. The summed E-state index contributed by atoms with van der Waals surface area (Å²) >= 11 is 0. The van der Waals surface area contributed by atoms with E-state index in [1.807, 2.05) is 13.8 Å². The number of alkyl halides is 2. The molecule has 0 aliphatic carbocycles. The fourth-order valence-corrected chi connectivity index (χ4v) is 3.88. The van der Waals surface area contributed by atoms with Crippen LogP contribution in [0.2, 0.25) is 0 Å². The first-order valence-corrected chi connectivity index (χ1v) is 10.3. The quantitative estimate of drug-likeness (QED) is 0.422. The molecule has 1 atom stereocenters. The van der Waals surface area contributed by atoms with Gasteiger partial charge in [0, 0.05) is 18.5 Å². The van der Waals surface area contributed by atoms with Gasteiger partial charge in [-0.2, -0.15) is 8.78 Å². The highest BCUT2D eigenvalue weighted by atomic mass is 19.3. The molecular formula is C22H29F2NO4. The molecule has 7 heteroatoms. The number of nitrogens with zero attached hydrogens (tertiary/aromatic N) is 1. The lowest BCUT2D eigenvalue weighted by Crippen LogP contribution is -2.57. The van der Waals surface area contributed by atoms with Gasteiger partial charge in [0.15, 0.2) is 0 Å². The van der Waals surface area contributed by atoms with Gasteiger partial charge in [-0.05, 0) is 31.4 Å². The van der Waals surface area contributed by atoms with Crippen molar-refractivity contribution in [2.45, 2.75) is 70.6 Å². The number of fused-ring (bicyclic) bond motifs is 1. The first-order valence-electron chi connectivity index (χ1n) is 10.3. The summed E-state index contributed by atoms with van der Waals surface area (Å²) in [5.74, 6) is -6.60. The summed E-state index contributed by atoms with van der Waals surface area (Å²) in [4.78, 5) is 39.4. The van der Waals surface area contributed by atoms with Crippen LogP contribution in [0.15, 0.2) is 24.3 Å². The molecule has 0 bridgehead atoms. The smallest absolute Gasteiger partial charge is 0.377 e. The van der Waals surface area contributed by atoms with Gasteiger partial charge in [-0.25, -0.2) is 4.79 Å². The Morgan fingerprint density at radius 1 is 1.10 bits per heavy atom. The fraction of sp³-hybridized carbons (Fsp3) is 0.591. The minimum absolute atomic E-state index is 0.129. The van der Waals surface area contributed by atoms with Crippen molar-refractivity contribution in [3.63, 3.8) is 0 Å². The summed E-state index contributed by atoms with van der Waals surface area (Å²) in [6, 6.07) is 6.40. The molecule has 2 rings (SSSR count). The average molecular weight is 409 g/mol. The van der Waals surface area contributed by atoms with Gasteiger partial charge >= 0.3 is 11.9 Å². The van der Waals surface area contributed by atoms with E-state index in [9.17, 15) is 23.2 Å². The van der Waals surface area contributed by atoms with E-state index in [0.29, 0.717) is 19.3 Å². The number of amides is 2. The third-order valence-corrected chi connectivity index (χ3v) is 5.36. The Hall–Kier alpha value is -2.31. The van der Waals surface area contributed by atoms with E-state index in [-0.39, 0.29) is 30.7 Å². The number of hydrogen-bond acceptors (Lipinski definition) is 4. The first-order chi connectivity index (χ1) is 13.7. The maximum absolute atomic E-state index is 14.9. The van der Waals surface area contributed by atoms with Crippen LogP contribution in [0.1, 0.15) is 75.2 Å². The normalized spacial score (nSPS) is 19.3. The van der Waals surface area contributed by atoms with Crippen LogP contribution in [0.5, 0.6) is 0 Å². The van der Waals surface area contributed by atoms with Gasteiger partial charge in [-0.15, -0.1) is 0 Å². The van der Waals surface area contributed by atoms with Crippen molar-refractivity contribution in [2.75, 3.05) is 13.2 Å². The molecule has 5 nitrogen and oxygen atoms in total. The minimum Gasteiger partial charge on any atom is -0.462 e. The summed E-state index contributed by atoms with van der Waals surface area (Å²) in [7, 11) is 0. The lowest BCUT2D eigenvalue weighted by molar-refractivity contribution is -0.176. The molecule has 0 fully saturated rings. The number of carbonyl (C=O) groups is 3. The number of ether oxygens (including phenoxy) is 1. The predicted octanol–water partition coefficient (Wildman–Crippen LogP) is 4.49. The van der Waals surface area contributed by atoms with Crippen LogP contribution in [-0.4, -0.2) is 41.8 Å². The van der Waals surface area contributed by atoms with E-state index in [4.69, 9.17) is 0 Å². The van der Waals surface area contributed by atoms with E-state index in [2.05, 4.69) is 4.74 Å². The molecule has 1 aromatic carbocycles. The standard InChI is InChI=1S/C22H29F2NO4/c1-4-7-13-21(15-22(23,24)20(28)29-6-3)17-12-10-9-11-16(17)18(26)25(19(21)27)14-8-5-2/h9-12H,4-8,13-15H2,1-3H3. The van der Waals surface area contributed by atoms with Crippen LogP contribution in [0.3, 0.4) is 0 Å². The molecule has 2 amide bonds. The van der Waals surface area contributed by atoms with Crippen molar-refractivity contribution < 1.29 is 27.9 Å². The van der Waals surface area contributed by atoms with Crippen LogP contribution in [0, 0.1) is 0 Å². The van der Waals surface area contributed by atoms with Gasteiger partial charge in [-0.3, -0.25) is 14.5 Å². The molecule has 1 unspecified atom stereocenters. The van der Waals surface area contributed by atoms with Crippen molar-refractivity contribution in [1.29, 1.82) is 0 Å². The van der Waals surface area contributed by atoms with Crippen molar-refractivity contribution in [3.8, 4) is 0 Å². The lowest BCUT2D eigenvalue weighted by atomic mass is 9.67. The molecule has 160 valence electrons. The maximum atomic E-state index is 14.9. The third kappa shape index (κ3) is 4.49. The maximum Gasteiger partial charge on any atom is 0.377 e. The molecular weight excluding hydrogens is 380 g/mol. The molecule has 1 aromatic rings. The molecule has 0 aromatic heterocycles. The third-order valence-electron chi connectivity index (χ3n) is 5.36. The molecule has 0 saturated heterocycles. The van der Waals surface area contributed by atoms with Crippen molar-refractivity contribution in [2.24, 2.45) is 0 Å². The van der Waals surface area contributed by atoms with Gasteiger partial charge in [-0.1, -0.05) is 51.3 Å². The van der Waals surface area contributed by atoms with Gasteiger partial charge in [0.25, 0.3) is 5.91 Å². The van der Waals surface area contributed by atoms with Crippen LogP contribution < -0.4 is 0 Å². The predicted molar refractivity (Wildman–Crippen MR) is 105 cm³/mol. The topological polar surface area (TPSA) is 63.7 Å². The molecule has 1 heterocycles. The van der Waals surface area contributed by atoms with E-state index in [1.165, 1.54) is 6.92 Å². The highest BCUT2D eigenvalue weighted by molar-refractivity contribution is 6.13. The van der Waals surface area contributed by atoms with Crippen LogP contribution in [0.25, 0.3) is 0 Å². The SMILES string of the molecule is CCCCN1C(=O)c2ccccc2C(CCCC)(CC(F)(F)C(=O)OCC)C1=O. The first kappa shape index (κ1) is 23.0. The highest BCUT2D eigenvalue weighted by Gasteiger charge is 2.57. The largest absolute Gasteiger partial charge is 0.462 e. The zero-order chi connectivity index (χ0) is 21.7. The van der Waals surface area contributed by atoms with E-state index < -0.39 is 35.5 Å². The zero-order valence-corrected chi connectivity index (χ0v) is 17.3. The summed E-state index contributed by atoms with van der Waals surface area (Å²) in [6.07, 6.45) is 1.64. The Kier molecular flexibility index (Phi) is 7.49. The Balaban J connectivity index is 2.62. The Labute approximate surface area is 170 Å². The number of imide groups is 1. The van der Waals surface area contributed by atoms with Crippen LogP contribution >= 0.6 is 0 Å². The van der Waals surface area contributed by atoms with Crippen LogP contribution in [-0.2, 0) is 19.7 Å². The number of unbranched alkanes of at least 4 members (excludes halogenated alkanes) is 2. The second-order valence-corrected chi connectivity index (χ2v) is 7.45. The van der Waals surface area contributed by atoms with Crippen LogP contribution in [0.4, 0.5) is 8.78 Å². The monoisotopic (exact) mass is 409 g/mol. The second-order valence-electron chi connectivity index (χ2n) is 7.45. The van der Waals surface area contributed by atoms with Crippen molar-refractivity contribution in [1.82, 2.24) is 4.90 Å². The molecule has 1 aliphatic heterocycles. The van der Waals surface area contributed by atoms with E-state index in [0.717, 1.165) is 11.3 Å². The number of carbonyl (C=O) groups excluding carboxylic acids is 3.